The predicted octanol–water partition coefficient (Wildman–Crippen LogP) is 3.44. The summed E-state index contributed by atoms with van der Waals surface area (Å²) in [5.41, 5.74) is 1.92. The van der Waals surface area contributed by atoms with E-state index >= 15 is 0 Å². The minimum absolute atomic E-state index is 0.0775. The number of anilines is 1. The lowest BCUT2D eigenvalue weighted by atomic mass is 10.1. The summed E-state index contributed by atoms with van der Waals surface area (Å²) >= 11 is 3.20. The predicted molar refractivity (Wildman–Crippen MR) is 106 cm³/mol. The lowest BCUT2D eigenvalue weighted by Crippen LogP contribution is -2.18. The first-order valence-corrected chi connectivity index (χ1v) is 9.89. The Balaban J connectivity index is 1.58. The van der Waals surface area contributed by atoms with Crippen LogP contribution in [0.2, 0.25) is 0 Å². The third kappa shape index (κ3) is 3.21. The number of thioether (sulfide) groups is 1. The highest BCUT2D eigenvalue weighted by molar-refractivity contribution is 8.00. The summed E-state index contributed by atoms with van der Waals surface area (Å²) in [4.78, 5) is 28.8. The van der Waals surface area contributed by atoms with Gasteiger partial charge in [-0.1, -0.05) is 30.0 Å². The number of benzene rings is 2. The largest absolute Gasteiger partial charge is 0.326 e. The van der Waals surface area contributed by atoms with E-state index in [1.165, 1.54) is 0 Å². The Morgan fingerprint density at radius 1 is 1.23 bits per heavy atom. The van der Waals surface area contributed by atoms with Gasteiger partial charge in [-0.2, -0.15) is 5.10 Å². The number of fused-ring (bicyclic) bond motifs is 2. The van der Waals surface area contributed by atoms with Gasteiger partial charge in [0.1, 0.15) is 0 Å². The second-order valence-corrected chi connectivity index (χ2v) is 7.72. The number of H-pyrrole nitrogens is 1. The summed E-state index contributed by atoms with van der Waals surface area (Å²) in [5, 5.41) is 10.6. The van der Waals surface area contributed by atoms with Crippen LogP contribution in [0, 0.1) is 0 Å². The van der Waals surface area contributed by atoms with Crippen molar-refractivity contribution in [1.82, 2.24) is 15.2 Å². The van der Waals surface area contributed by atoms with Gasteiger partial charge >= 0.3 is 0 Å². The summed E-state index contributed by atoms with van der Waals surface area (Å²) in [7, 11) is 0. The standard InChI is InChI=1S/C18H14N4O2S2/c1-25-18-20-13-7-6-10(8-15(13)26-18)19-16(23)9-14-11-4-2-3-5-12(11)17(24)22-21-14/h2-8H,9H2,1H3,(H,19,23)(H,22,24). The van der Waals surface area contributed by atoms with E-state index in [-0.39, 0.29) is 17.9 Å². The number of nitrogens with zero attached hydrogens (tertiary/aromatic N) is 2. The fourth-order valence-corrected chi connectivity index (χ4v) is 4.26. The number of aromatic amines is 1. The summed E-state index contributed by atoms with van der Waals surface area (Å²) < 4.78 is 2.02. The Kier molecular flexibility index (Phi) is 4.44. The molecule has 0 unspecified atom stereocenters. The molecule has 2 N–H and O–H groups in total. The van der Waals surface area contributed by atoms with Gasteiger partial charge in [-0.15, -0.1) is 11.3 Å². The van der Waals surface area contributed by atoms with Gasteiger partial charge in [-0.3, -0.25) is 9.59 Å². The van der Waals surface area contributed by atoms with Crippen LogP contribution in [-0.2, 0) is 11.2 Å². The van der Waals surface area contributed by atoms with Crippen molar-refractivity contribution in [3.63, 3.8) is 0 Å². The number of carbonyl (C=O) groups excluding carboxylic acids is 1. The molecule has 130 valence electrons. The molecule has 2 aromatic carbocycles. The molecule has 26 heavy (non-hydrogen) atoms. The van der Waals surface area contributed by atoms with Gasteiger partial charge in [-0.05, 0) is 30.5 Å². The number of aromatic nitrogens is 3. The molecule has 2 aromatic heterocycles. The maximum Gasteiger partial charge on any atom is 0.272 e. The second-order valence-electron chi connectivity index (χ2n) is 5.64. The van der Waals surface area contributed by atoms with Gasteiger partial charge in [0.25, 0.3) is 5.56 Å². The van der Waals surface area contributed by atoms with Gasteiger partial charge in [0.05, 0.1) is 27.7 Å². The van der Waals surface area contributed by atoms with Crippen molar-refractivity contribution < 1.29 is 4.79 Å². The zero-order valence-electron chi connectivity index (χ0n) is 13.8. The molecule has 0 spiro atoms. The van der Waals surface area contributed by atoms with Crippen molar-refractivity contribution in [1.29, 1.82) is 0 Å². The average molecular weight is 382 g/mol. The normalized spacial score (nSPS) is 11.1. The molecule has 2 heterocycles. The van der Waals surface area contributed by atoms with E-state index in [0.29, 0.717) is 22.2 Å². The van der Waals surface area contributed by atoms with Crippen LogP contribution < -0.4 is 10.9 Å². The van der Waals surface area contributed by atoms with E-state index in [2.05, 4.69) is 20.5 Å². The molecule has 0 saturated carbocycles. The third-order valence-corrected chi connectivity index (χ3v) is 5.93. The van der Waals surface area contributed by atoms with E-state index in [9.17, 15) is 9.59 Å². The maximum atomic E-state index is 12.4. The van der Waals surface area contributed by atoms with Gasteiger partial charge in [0.15, 0.2) is 4.34 Å². The number of carbonyl (C=O) groups is 1. The first-order chi connectivity index (χ1) is 12.6. The van der Waals surface area contributed by atoms with Crippen LogP contribution in [0.25, 0.3) is 21.0 Å². The first kappa shape index (κ1) is 16.7. The van der Waals surface area contributed by atoms with Crippen LogP contribution >= 0.6 is 23.1 Å². The highest BCUT2D eigenvalue weighted by Gasteiger charge is 2.12. The van der Waals surface area contributed by atoms with Crippen LogP contribution in [0.3, 0.4) is 0 Å². The quantitative estimate of drug-likeness (QED) is 0.528. The summed E-state index contributed by atoms with van der Waals surface area (Å²) in [5.74, 6) is -0.191. The Morgan fingerprint density at radius 2 is 2.04 bits per heavy atom. The molecule has 0 bridgehead atoms. The Hall–Kier alpha value is -2.71. The molecular formula is C18H14N4O2S2. The molecule has 4 aromatic rings. The lowest BCUT2D eigenvalue weighted by Gasteiger charge is -2.07. The summed E-state index contributed by atoms with van der Waals surface area (Å²) in [6.07, 6.45) is 2.07. The molecule has 0 aliphatic heterocycles. The first-order valence-electron chi connectivity index (χ1n) is 7.85. The van der Waals surface area contributed by atoms with Crippen LogP contribution in [0.1, 0.15) is 5.69 Å². The number of hydrogen-bond donors (Lipinski definition) is 2. The number of hydrogen-bond acceptors (Lipinski definition) is 6. The SMILES string of the molecule is CSc1nc2ccc(NC(=O)Cc3n[nH]c(=O)c4ccccc34)cc2s1. The maximum absolute atomic E-state index is 12.4. The molecule has 0 aliphatic carbocycles. The number of rotatable bonds is 4. The van der Waals surface area contributed by atoms with E-state index in [1.54, 1.807) is 41.3 Å². The Bertz CT molecular complexity index is 1180. The summed E-state index contributed by atoms with van der Waals surface area (Å²) in [6.45, 7) is 0. The second kappa shape index (κ2) is 6.89. The summed E-state index contributed by atoms with van der Waals surface area (Å²) in [6, 6.07) is 12.8. The molecular weight excluding hydrogens is 368 g/mol. The van der Waals surface area contributed by atoms with Crippen molar-refractivity contribution in [3.8, 4) is 0 Å². The lowest BCUT2D eigenvalue weighted by molar-refractivity contribution is -0.115. The highest BCUT2D eigenvalue weighted by Crippen LogP contribution is 2.30. The van der Waals surface area contributed by atoms with Crippen LogP contribution in [0.15, 0.2) is 51.6 Å². The molecule has 4 rings (SSSR count). The van der Waals surface area contributed by atoms with Crippen molar-refractivity contribution in [2.45, 2.75) is 10.8 Å². The topological polar surface area (TPSA) is 87.7 Å². The molecule has 8 heteroatoms. The fraction of sp³-hybridized carbons (Fsp3) is 0.111. The van der Waals surface area contributed by atoms with Crippen molar-refractivity contribution in [2.24, 2.45) is 0 Å². The molecule has 0 saturated heterocycles. The average Bonchev–Trinajstić information content (AvgIpc) is 3.07. The molecule has 0 fully saturated rings. The molecule has 0 radical (unpaired) electrons. The monoisotopic (exact) mass is 382 g/mol. The number of nitrogens with one attached hydrogen (secondary N) is 2. The van der Waals surface area contributed by atoms with Crippen LogP contribution in [0.4, 0.5) is 5.69 Å². The van der Waals surface area contributed by atoms with Crippen molar-refractivity contribution in [2.75, 3.05) is 11.6 Å². The van der Waals surface area contributed by atoms with Gasteiger partial charge < -0.3 is 5.32 Å². The molecule has 0 atom stereocenters. The Morgan fingerprint density at radius 3 is 2.85 bits per heavy atom. The fourth-order valence-electron chi connectivity index (χ4n) is 2.73. The highest BCUT2D eigenvalue weighted by atomic mass is 32.2. The van der Waals surface area contributed by atoms with Gasteiger partial charge in [0.2, 0.25) is 5.91 Å². The van der Waals surface area contributed by atoms with Crippen molar-refractivity contribution >= 4 is 55.7 Å². The van der Waals surface area contributed by atoms with Gasteiger partial charge in [-0.25, -0.2) is 10.1 Å². The van der Waals surface area contributed by atoms with E-state index < -0.39 is 0 Å². The minimum Gasteiger partial charge on any atom is -0.326 e. The van der Waals surface area contributed by atoms with Gasteiger partial charge in [0, 0.05) is 11.1 Å². The zero-order valence-corrected chi connectivity index (χ0v) is 15.4. The van der Waals surface area contributed by atoms with Crippen molar-refractivity contribution in [3.05, 3.63) is 58.5 Å². The van der Waals surface area contributed by atoms with Crippen LogP contribution in [-0.4, -0.2) is 27.3 Å². The molecule has 6 nitrogen and oxygen atoms in total. The smallest absolute Gasteiger partial charge is 0.272 e. The minimum atomic E-state index is -0.259. The molecule has 1 amide bonds. The zero-order chi connectivity index (χ0) is 18.1. The van der Waals surface area contributed by atoms with E-state index in [0.717, 1.165) is 14.6 Å². The Labute approximate surface area is 156 Å². The van der Waals surface area contributed by atoms with E-state index in [1.807, 2.05) is 30.5 Å². The third-order valence-electron chi connectivity index (χ3n) is 3.93. The molecule has 0 aliphatic rings. The van der Waals surface area contributed by atoms with Crippen LogP contribution in [0.5, 0.6) is 0 Å². The van der Waals surface area contributed by atoms with E-state index in [4.69, 9.17) is 0 Å². The number of amides is 1. The number of thiazole rings is 1.